The quantitative estimate of drug-likeness (QED) is 0.429. The smallest absolute Gasteiger partial charge is 0.253 e. The first kappa shape index (κ1) is 21.3. The van der Waals surface area contributed by atoms with Crippen molar-refractivity contribution in [3.8, 4) is 0 Å². The van der Waals surface area contributed by atoms with Crippen LogP contribution in [0.25, 0.3) is 22.2 Å². The lowest BCUT2D eigenvalue weighted by molar-refractivity contribution is -0.149. The third-order valence-electron chi connectivity index (χ3n) is 6.22. The minimum Gasteiger partial charge on any atom is -0.381 e. The van der Waals surface area contributed by atoms with Crippen molar-refractivity contribution in [2.75, 3.05) is 18.4 Å². The number of likely N-dealkylation sites (tertiary alicyclic amines) is 1. The molecule has 1 fully saturated rings. The van der Waals surface area contributed by atoms with Gasteiger partial charge in [-0.25, -0.2) is 19.9 Å². The predicted octanol–water partition coefficient (Wildman–Crippen LogP) is 2.81. The molecule has 4 heterocycles. The van der Waals surface area contributed by atoms with Gasteiger partial charge in [-0.2, -0.15) is 0 Å². The summed E-state index contributed by atoms with van der Waals surface area (Å²) in [7, 11) is 0. The maximum atomic E-state index is 12.5. The summed E-state index contributed by atoms with van der Waals surface area (Å²) in [6.07, 6.45) is 4.69. The van der Waals surface area contributed by atoms with Crippen LogP contribution in [0.4, 0.5) is 5.82 Å². The van der Waals surface area contributed by atoms with Crippen LogP contribution in [0.15, 0.2) is 36.9 Å². The maximum Gasteiger partial charge on any atom is 0.253 e. The van der Waals surface area contributed by atoms with Gasteiger partial charge in [0.05, 0.1) is 23.4 Å². The number of hydrogen-bond donors (Lipinski definition) is 3. The number of imidazole rings is 2. The molecule has 1 aliphatic heterocycles. The Hall–Kier alpha value is -3.53. The van der Waals surface area contributed by atoms with Crippen molar-refractivity contribution in [1.29, 1.82) is 0 Å². The molecular weight excluding hydrogens is 420 g/mol. The molecule has 33 heavy (non-hydrogen) atoms. The van der Waals surface area contributed by atoms with Crippen molar-refractivity contribution in [2.24, 2.45) is 0 Å². The van der Waals surface area contributed by atoms with Crippen LogP contribution in [0.5, 0.6) is 0 Å². The molecule has 1 amide bonds. The average Bonchev–Trinajstić information content (AvgIpc) is 3.43. The van der Waals surface area contributed by atoms with Gasteiger partial charge in [-0.3, -0.25) is 4.79 Å². The number of piperidine rings is 1. The lowest BCUT2D eigenvalue weighted by Crippen LogP contribution is -2.48. The molecule has 1 atom stereocenters. The van der Waals surface area contributed by atoms with Crippen molar-refractivity contribution < 1.29 is 9.90 Å². The van der Waals surface area contributed by atoms with Gasteiger partial charge in [-0.1, -0.05) is 12.1 Å². The summed E-state index contributed by atoms with van der Waals surface area (Å²) in [6, 6.07) is 8.17. The predicted molar refractivity (Wildman–Crippen MR) is 125 cm³/mol. The number of anilines is 1. The number of benzene rings is 1. The van der Waals surface area contributed by atoms with Gasteiger partial charge >= 0.3 is 0 Å². The summed E-state index contributed by atoms with van der Waals surface area (Å²) in [5, 5.41) is 13.6. The van der Waals surface area contributed by atoms with Crippen molar-refractivity contribution in [3.63, 3.8) is 0 Å². The molecular formula is C23H28N8O2. The Bertz CT molecular complexity index is 1300. The minimum atomic E-state index is -1.35. The van der Waals surface area contributed by atoms with Crippen LogP contribution >= 0.6 is 0 Å². The van der Waals surface area contributed by atoms with E-state index in [1.165, 1.54) is 6.33 Å². The Morgan fingerprint density at radius 2 is 1.97 bits per heavy atom. The first-order chi connectivity index (χ1) is 15.8. The number of nitrogens with zero attached hydrogens (tertiary/aromatic N) is 6. The molecule has 0 spiro atoms. The maximum absolute atomic E-state index is 12.5. The molecule has 3 N–H and O–H groups in total. The normalized spacial score (nSPS) is 16.4. The van der Waals surface area contributed by atoms with Gasteiger partial charge in [0.25, 0.3) is 5.91 Å². The summed E-state index contributed by atoms with van der Waals surface area (Å²) in [5.41, 5.74) is 2.01. The summed E-state index contributed by atoms with van der Waals surface area (Å²) < 4.78 is 2.29. The number of amides is 1. The first-order valence-corrected chi connectivity index (χ1v) is 11.2. The van der Waals surface area contributed by atoms with E-state index in [9.17, 15) is 9.90 Å². The van der Waals surface area contributed by atoms with E-state index in [-0.39, 0.29) is 18.0 Å². The Kier molecular flexibility index (Phi) is 5.24. The highest BCUT2D eigenvalue weighted by molar-refractivity contribution is 5.84. The van der Waals surface area contributed by atoms with Crippen molar-refractivity contribution in [3.05, 3.63) is 42.7 Å². The van der Waals surface area contributed by atoms with E-state index in [1.54, 1.807) is 25.1 Å². The number of aliphatic hydroxyl groups is 1. The first-order valence-electron chi connectivity index (χ1n) is 11.2. The number of para-hydroxylation sites is 2. The fourth-order valence-corrected chi connectivity index (χ4v) is 4.61. The van der Waals surface area contributed by atoms with Crippen LogP contribution in [0.1, 0.15) is 51.5 Å². The summed E-state index contributed by atoms with van der Waals surface area (Å²) >= 11 is 0. The number of carbonyl (C=O) groups is 1. The number of aromatic amines is 1. The molecule has 4 aromatic rings. The van der Waals surface area contributed by atoms with Crippen LogP contribution in [0, 0.1) is 0 Å². The van der Waals surface area contributed by atoms with Crippen LogP contribution in [-0.2, 0) is 4.79 Å². The molecule has 172 valence electrons. The van der Waals surface area contributed by atoms with Gasteiger partial charge in [0.2, 0.25) is 0 Å². The molecule has 0 aliphatic carbocycles. The summed E-state index contributed by atoms with van der Waals surface area (Å²) in [6.45, 7) is 6.34. The largest absolute Gasteiger partial charge is 0.381 e. The number of aromatic nitrogens is 6. The molecule has 10 heteroatoms. The van der Waals surface area contributed by atoms with E-state index in [2.05, 4.69) is 42.8 Å². The lowest BCUT2D eigenvalue weighted by Gasteiger charge is -2.36. The molecule has 1 saturated heterocycles. The molecule has 0 saturated carbocycles. The molecule has 0 bridgehead atoms. The topological polar surface area (TPSA) is 125 Å². The Morgan fingerprint density at radius 1 is 1.21 bits per heavy atom. The van der Waals surface area contributed by atoms with Crippen molar-refractivity contribution >= 4 is 33.9 Å². The second-order valence-corrected chi connectivity index (χ2v) is 9.10. The van der Waals surface area contributed by atoms with Crippen molar-refractivity contribution in [1.82, 2.24) is 34.4 Å². The van der Waals surface area contributed by atoms with Crippen LogP contribution in [0.3, 0.4) is 0 Å². The van der Waals surface area contributed by atoms with Gasteiger partial charge < -0.3 is 24.9 Å². The molecule has 1 aliphatic rings. The summed E-state index contributed by atoms with van der Waals surface area (Å²) in [5.74, 6) is 1.34. The van der Waals surface area contributed by atoms with Gasteiger partial charge in [-0.05, 0) is 45.7 Å². The second-order valence-electron chi connectivity index (χ2n) is 9.10. The van der Waals surface area contributed by atoms with Gasteiger partial charge in [0.15, 0.2) is 11.5 Å². The SMILES string of the molecule is CC(Nc1ncnc2[nH]cnc12)c1nc2ccccc2n1C1CCN(C(=O)C(C)(C)O)CC1. The van der Waals surface area contributed by atoms with E-state index in [0.717, 1.165) is 29.7 Å². The zero-order chi connectivity index (χ0) is 23.2. The molecule has 0 radical (unpaired) electrons. The molecule has 1 aromatic carbocycles. The number of rotatable bonds is 5. The minimum absolute atomic E-state index is 0.136. The number of hydrogen-bond acceptors (Lipinski definition) is 7. The standard InChI is InChI=1S/C23H28N8O2/c1-14(28-20-18-19(25-12-24-18)26-13-27-20)21-29-16-6-4-5-7-17(16)31(21)15-8-10-30(11-9-15)22(32)23(2,3)33/h4-7,12-15,33H,8-11H2,1-3H3,(H2,24,25,26,27,28). The third-order valence-corrected chi connectivity index (χ3v) is 6.22. The third kappa shape index (κ3) is 3.91. The summed E-state index contributed by atoms with van der Waals surface area (Å²) in [4.78, 5) is 35.2. The number of nitrogens with one attached hydrogen (secondary N) is 2. The number of fused-ring (bicyclic) bond motifs is 2. The number of carbonyl (C=O) groups excluding carboxylic acids is 1. The Morgan fingerprint density at radius 3 is 2.73 bits per heavy atom. The fraction of sp³-hybridized carbons (Fsp3) is 0.435. The molecule has 3 aromatic heterocycles. The van der Waals surface area contributed by atoms with Gasteiger partial charge in [-0.15, -0.1) is 0 Å². The average molecular weight is 449 g/mol. The van der Waals surface area contributed by atoms with E-state index >= 15 is 0 Å². The highest BCUT2D eigenvalue weighted by Gasteiger charge is 2.33. The van der Waals surface area contributed by atoms with Crippen LogP contribution in [0.2, 0.25) is 0 Å². The van der Waals surface area contributed by atoms with Gasteiger partial charge in [0.1, 0.15) is 23.3 Å². The zero-order valence-corrected chi connectivity index (χ0v) is 19.0. The molecule has 1 unspecified atom stereocenters. The molecule has 10 nitrogen and oxygen atoms in total. The zero-order valence-electron chi connectivity index (χ0n) is 19.0. The Labute approximate surface area is 191 Å². The second kappa shape index (κ2) is 8.11. The van der Waals surface area contributed by atoms with E-state index in [0.29, 0.717) is 30.1 Å². The number of H-pyrrole nitrogens is 1. The van der Waals surface area contributed by atoms with E-state index in [4.69, 9.17) is 4.98 Å². The van der Waals surface area contributed by atoms with Crippen molar-refractivity contribution in [2.45, 2.75) is 51.3 Å². The van der Waals surface area contributed by atoms with Crippen LogP contribution in [-0.4, -0.2) is 64.1 Å². The highest BCUT2D eigenvalue weighted by Crippen LogP contribution is 2.33. The van der Waals surface area contributed by atoms with E-state index < -0.39 is 5.60 Å². The highest BCUT2D eigenvalue weighted by atomic mass is 16.3. The fourth-order valence-electron chi connectivity index (χ4n) is 4.61. The monoisotopic (exact) mass is 448 g/mol. The van der Waals surface area contributed by atoms with E-state index in [1.807, 2.05) is 18.2 Å². The molecule has 5 rings (SSSR count). The lowest BCUT2D eigenvalue weighted by atomic mass is 10.0. The Balaban J connectivity index is 1.45. The van der Waals surface area contributed by atoms with Crippen LogP contribution < -0.4 is 5.32 Å². The van der Waals surface area contributed by atoms with Gasteiger partial charge in [0, 0.05) is 19.1 Å².